The Labute approximate surface area is 99.6 Å². The fourth-order valence-corrected chi connectivity index (χ4v) is 1.05. The van der Waals surface area contributed by atoms with Crippen molar-refractivity contribution in [1.82, 2.24) is 4.90 Å². The quantitative estimate of drug-likeness (QED) is 0.430. The number of hydrogen-bond acceptors (Lipinski definition) is 7. The molecule has 17 heavy (non-hydrogen) atoms. The predicted molar refractivity (Wildman–Crippen MR) is 57.1 cm³/mol. The summed E-state index contributed by atoms with van der Waals surface area (Å²) in [4.78, 5) is 34.6. The van der Waals surface area contributed by atoms with Gasteiger partial charge in [0.15, 0.2) is 0 Å². The molecular weight excluding hydrogens is 230 g/mol. The van der Waals surface area contributed by atoms with Crippen molar-refractivity contribution in [3.8, 4) is 0 Å². The first kappa shape index (κ1) is 15.4. The zero-order valence-electron chi connectivity index (χ0n) is 10.2. The van der Waals surface area contributed by atoms with Crippen molar-refractivity contribution < 1.29 is 28.6 Å². The van der Waals surface area contributed by atoms with Crippen LogP contribution in [0.3, 0.4) is 0 Å². The van der Waals surface area contributed by atoms with E-state index in [4.69, 9.17) is 4.74 Å². The van der Waals surface area contributed by atoms with Crippen LogP contribution in [-0.4, -0.2) is 63.3 Å². The van der Waals surface area contributed by atoms with Crippen LogP contribution in [0.4, 0.5) is 0 Å². The number of methoxy groups -OCH3 is 2. The van der Waals surface area contributed by atoms with Gasteiger partial charge < -0.3 is 14.2 Å². The first-order chi connectivity index (χ1) is 8.03. The highest BCUT2D eigenvalue weighted by molar-refractivity contribution is 5.77. The number of carbonyl (C=O) groups is 3. The molecule has 0 aliphatic rings. The summed E-state index contributed by atoms with van der Waals surface area (Å²) in [7, 11) is 2.45. The minimum absolute atomic E-state index is 0.169. The minimum Gasteiger partial charge on any atom is -0.468 e. The number of nitrogens with zero attached hydrogens (tertiary/aromatic N) is 1. The second kappa shape index (κ2) is 8.51. The van der Waals surface area contributed by atoms with E-state index >= 15 is 0 Å². The second-order valence-corrected chi connectivity index (χ2v) is 3.10. The van der Waals surface area contributed by atoms with Gasteiger partial charge in [0.05, 0.1) is 40.5 Å². The summed E-state index contributed by atoms with van der Waals surface area (Å²) in [5.74, 6) is -1.60. The zero-order valence-corrected chi connectivity index (χ0v) is 10.2. The summed E-state index contributed by atoms with van der Waals surface area (Å²) >= 11 is 0. The maximum atomic E-state index is 11.2. The number of rotatable bonds is 7. The third-order valence-corrected chi connectivity index (χ3v) is 1.82. The summed E-state index contributed by atoms with van der Waals surface area (Å²) in [6.45, 7) is 1.39. The lowest BCUT2D eigenvalue weighted by atomic mass is 10.4. The van der Waals surface area contributed by atoms with E-state index in [2.05, 4.69) is 9.47 Å². The van der Waals surface area contributed by atoms with Crippen LogP contribution in [0.2, 0.25) is 0 Å². The molecule has 0 spiro atoms. The molecule has 0 heterocycles. The smallest absolute Gasteiger partial charge is 0.320 e. The van der Waals surface area contributed by atoms with Crippen molar-refractivity contribution in [3.05, 3.63) is 0 Å². The van der Waals surface area contributed by atoms with Crippen LogP contribution in [0, 0.1) is 0 Å². The molecule has 0 aliphatic heterocycles. The molecule has 7 nitrogen and oxygen atoms in total. The molecule has 0 saturated carbocycles. The van der Waals surface area contributed by atoms with Gasteiger partial charge in [-0.25, -0.2) is 0 Å². The summed E-state index contributed by atoms with van der Waals surface area (Å²) < 4.78 is 13.6. The average Bonchev–Trinajstić information content (AvgIpc) is 2.28. The van der Waals surface area contributed by atoms with Crippen LogP contribution in [0.1, 0.15) is 6.92 Å². The molecule has 0 aromatic rings. The minimum atomic E-state index is -0.543. The molecule has 0 fully saturated rings. The first-order valence-corrected chi connectivity index (χ1v) is 5.05. The van der Waals surface area contributed by atoms with Crippen molar-refractivity contribution in [1.29, 1.82) is 0 Å². The largest absolute Gasteiger partial charge is 0.468 e. The number of ether oxygens (including phenoxy) is 3. The van der Waals surface area contributed by atoms with Crippen LogP contribution in [-0.2, 0) is 28.6 Å². The molecule has 98 valence electrons. The van der Waals surface area contributed by atoms with Crippen molar-refractivity contribution in [2.45, 2.75) is 6.92 Å². The van der Waals surface area contributed by atoms with Crippen LogP contribution in [0.15, 0.2) is 0 Å². The van der Waals surface area contributed by atoms with Gasteiger partial charge in [0.1, 0.15) is 0 Å². The normalized spacial score (nSPS) is 9.88. The molecular formula is C10H17NO6. The van der Waals surface area contributed by atoms with E-state index in [1.807, 2.05) is 0 Å². The van der Waals surface area contributed by atoms with Gasteiger partial charge in [0, 0.05) is 0 Å². The van der Waals surface area contributed by atoms with Crippen LogP contribution < -0.4 is 0 Å². The van der Waals surface area contributed by atoms with Gasteiger partial charge in [-0.05, 0) is 6.92 Å². The van der Waals surface area contributed by atoms with Crippen molar-refractivity contribution in [2.75, 3.05) is 40.5 Å². The summed E-state index contributed by atoms with van der Waals surface area (Å²) in [6.07, 6.45) is 0. The zero-order chi connectivity index (χ0) is 13.3. The Morgan fingerprint density at radius 3 is 1.65 bits per heavy atom. The Kier molecular flexibility index (Phi) is 7.70. The van der Waals surface area contributed by atoms with E-state index in [0.29, 0.717) is 0 Å². The van der Waals surface area contributed by atoms with Gasteiger partial charge in [0.25, 0.3) is 0 Å². The van der Waals surface area contributed by atoms with Gasteiger partial charge in [-0.1, -0.05) is 0 Å². The Morgan fingerprint density at radius 1 is 0.882 bits per heavy atom. The third-order valence-electron chi connectivity index (χ3n) is 1.82. The first-order valence-electron chi connectivity index (χ1n) is 5.05. The molecule has 0 radical (unpaired) electrons. The van der Waals surface area contributed by atoms with E-state index in [9.17, 15) is 14.4 Å². The van der Waals surface area contributed by atoms with Crippen molar-refractivity contribution in [2.24, 2.45) is 0 Å². The highest BCUT2D eigenvalue weighted by atomic mass is 16.5. The molecule has 0 amide bonds. The molecule has 0 unspecified atom stereocenters. The molecule has 0 rings (SSSR count). The van der Waals surface area contributed by atoms with Crippen LogP contribution in [0.5, 0.6) is 0 Å². The second-order valence-electron chi connectivity index (χ2n) is 3.10. The lowest BCUT2D eigenvalue weighted by molar-refractivity contribution is -0.149. The van der Waals surface area contributed by atoms with Gasteiger partial charge in [-0.3, -0.25) is 19.3 Å². The van der Waals surface area contributed by atoms with Gasteiger partial charge in [0.2, 0.25) is 0 Å². The van der Waals surface area contributed by atoms with Gasteiger partial charge >= 0.3 is 17.9 Å². The molecule has 0 N–H and O–H groups in total. The SMILES string of the molecule is CCOC(=O)CN(CC(=O)OC)CC(=O)OC. The Bertz CT molecular complexity index is 260. The Balaban J connectivity index is 4.33. The van der Waals surface area contributed by atoms with Crippen LogP contribution in [0.25, 0.3) is 0 Å². The maximum absolute atomic E-state index is 11.2. The fourth-order valence-electron chi connectivity index (χ4n) is 1.05. The molecule has 0 atom stereocenters. The maximum Gasteiger partial charge on any atom is 0.320 e. The molecule has 0 aliphatic carbocycles. The molecule has 0 saturated heterocycles. The molecule has 0 aromatic heterocycles. The van der Waals surface area contributed by atoms with E-state index in [1.54, 1.807) is 6.92 Å². The predicted octanol–water partition coefficient (Wildman–Crippen LogP) is -0.802. The van der Waals surface area contributed by atoms with E-state index in [-0.39, 0.29) is 26.2 Å². The average molecular weight is 247 g/mol. The topological polar surface area (TPSA) is 82.1 Å². The fraction of sp³-hybridized carbons (Fsp3) is 0.700. The monoisotopic (exact) mass is 247 g/mol. The lowest BCUT2D eigenvalue weighted by Gasteiger charge is -2.18. The Hall–Kier alpha value is -1.63. The van der Waals surface area contributed by atoms with Gasteiger partial charge in [-0.2, -0.15) is 0 Å². The number of carbonyl (C=O) groups excluding carboxylic acids is 3. The van der Waals surface area contributed by atoms with E-state index in [1.165, 1.54) is 19.1 Å². The third kappa shape index (κ3) is 7.29. The van der Waals surface area contributed by atoms with Crippen molar-refractivity contribution in [3.63, 3.8) is 0 Å². The summed E-state index contributed by atoms with van der Waals surface area (Å²) in [5.41, 5.74) is 0. The highest BCUT2D eigenvalue weighted by Crippen LogP contribution is 1.93. The molecule has 0 bridgehead atoms. The van der Waals surface area contributed by atoms with E-state index in [0.717, 1.165) is 0 Å². The number of hydrogen-bond donors (Lipinski definition) is 0. The number of esters is 3. The lowest BCUT2D eigenvalue weighted by Crippen LogP contribution is -2.39. The van der Waals surface area contributed by atoms with E-state index < -0.39 is 17.9 Å². The van der Waals surface area contributed by atoms with Crippen molar-refractivity contribution >= 4 is 17.9 Å². The highest BCUT2D eigenvalue weighted by Gasteiger charge is 2.18. The Morgan fingerprint density at radius 2 is 1.29 bits per heavy atom. The summed E-state index contributed by atoms with van der Waals surface area (Å²) in [6, 6.07) is 0. The van der Waals surface area contributed by atoms with Gasteiger partial charge in [-0.15, -0.1) is 0 Å². The standard InChI is InChI=1S/C10H17NO6/c1-4-17-10(14)7-11(5-8(12)15-2)6-9(13)16-3/h4-7H2,1-3H3. The molecule has 0 aromatic carbocycles. The molecule has 7 heteroatoms. The van der Waals surface area contributed by atoms with Crippen LogP contribution >= 0.6 is 0 Å². The summed E-state index contributed by atoms with van der Waals surface area (Å²) in [5, 5.41) is 0.